The smallest absolute Gasteiger partial charge is 0.267 e. The molecule has 18 heavy (non-hydrogen) atoms. The second-order valence-electron chi connectivity index (χ2n) is 4.61. The molecular weight excluding hydrogens is 294 g/mol. The number of amides is 1. The Labute approximate surface area is 116 Å². The number of benzene rings is 1. The van der Waals surface area contributed by atoms with Crippen LogP contribution in [-0.2, 0) is 4.79 Å². The van der Waals surface area contributed by atoms with Gasteiger partial charge in [0.1, 0.15) is 5.75 Å². The number of rotatable bonds is 4. The summed E-state index contributed by atoms with van der Waals surface area (Å²) in [5.74, 6) is 1.31. The van der Waals surface area contributed by atoms with Crippen LogP contribution < -0.4 is 9.64 Å². The lowest BCUT2D eigenvalue weighted by molar-refractivity contribution is -0.125. The molecular formula is C14H18BrNO2. The minimum absolute atomic E-state index is 0.0492. The Morgan fingerprint density at radius 3 is 2.83 bits per heavy atom. The maximum absolute atomic E-state index is 12.2. The van der Waals surface area contributed by atoms with E-state index in [0.29, 0.717) is 5.92 Å². The maximum atomic E-state index is 12.2. The van der Waals surface area contributed by atoms with E-state index in [4.69, 9.17) is 4.74 Å². The number of ether oxygens (including phenoxy) is 1. The van der Waals surface area contributed by atoms with Gasteiger partial charge in [0.2, 0.25) is 0 Å². The van der Waals surface area contributed by atoms with Gasteiger partial charge in [-0.1, -0.05) is 41.4 Å². The third kappa shape index (κ3) is 2.53. The third-order valence-electron chi connectivity index (χ3n) is 3.31. The zero-order chi connectivity index (χ0) is 13.1. The van der Waals surface area contributed by atoms with Crippen molar-refractivity contribution in [3.63, 3.8) is 0 Å². The van der Waals surface area contributed by atoms with Crippen molar-refractivity contribution in [3.05, 3.63) is 24.3 Å². The Morgan fingerprint density at radius 1 is 1.44 bits per heavy atom. The largest absolute Gasteiger partial charge is 0.479 e. The monoisotopic (exact) mass is 311 g/mol. The van der Waals surface area contributed by atoms with Crippen LogP contribution in [0.1, 0.15) is 20.3 Å². The molecule has 2 unspecified atom stereocenters. The molecule has 1 aliphatic heterocycles. The number of hydrogen-bond donors (Lipinski definition) is 0. The first-order valence-electron chi connectivity index (χ1n) is 6.30. The molecule has 1 aliphatic rings. The standard InChI is InChI=1S/C14H18BrNO2/c1-3-11(8-15)9-16-12-6-4-5-7-13(12)18-10(2)14(16)17/h4-7,10-11H,3,8-9H2,1-2H3. The number of halogens is 1. The second kappa shape index (κ2) is 5.74. The van der Waals surface area contributed by atoms with Gasteiger partial charge in [-0.25, -0.2) is 0 Å². The Morgan fingerprint density at radius 2 is 2.17 bits per heavy atom. The van der Waals surface area contributed by atoms with Crippen LogP contribution in [0.2, 0.25) is 0 Å². The van der Waals surface area contributed by atoms with E-state index in [1.807, 2.05) is 29.2 Å². The Kier molecular flexibility index (Phi) is 4.27. The predicted molar refractivity (Wildman–Crippen MR) is 76.5 cm³/mol. The topological polar surface area (TPSA) is 29.5 Å². The average molecular weight is 312 g/mol. The van der Waals surface area contributed by atoms with Gasteiger partial charge in [0.15, 0.2) is 6.10 Å². The molecule has 0 bridgehead atoms. The lowest BCUT2D eigenvalue weighted by atomic mass is 10.1. The molecule has 0 saturated heterocycles. The normalized spacial score (nSPS) is 20.3. The fourth-order valence-corrected chi connectivity index (χ4v) is 2.75. The molecule has 1 amide bonds. The predicted octanol–water partition coefficient (Wildman–Crippen LogP) is 3.22. The molecule has 0 N–H and O–H groups in total. The number of carbonyl (C=O) groups excluding carboxylic acids is 1. The summed E-state index contributed by atoms with van der Waals surface area (Å²) in [6.07, 6.45) is 0.652. The highest BCUT2D eigenvalue weighted by atomic mass is 79.9. The molecule has 98 valence electrons. The van der Waals surface area contributed by atoms with Gasteiger partial charge in [0.05, 0.1) is 5.69 Å². The molecule has 0 saturated carbocycles. The van der Waals surface area contributed by atoms with Gasteiger partial charge < -0.3 is 9.64 Å². The van der Waals surface area contributed by atoms with E-state index < -0.39 is 6.10 Å². The fourth-order valence-electron chi connectivity index (χ4n) is 2.09. The average Bonchev–Trinajstić information content (AvgIpc) is 2.40. The summed E-state index contributed by atoms with van der Waals surface area (Å²) in [4.78, 5) is 14.1. The van der Waals surface area contributed by atoms with Crippen LogP contribution in [0, 0.1) is 5.92 Å². The van der Waals surface area contributed by atoms with Crippen LogP contribution in [0.15, 0.2) is 24.3 Å². The zero-order valence-electron chi connectivity index (χ0n) is 10.7. The van der Waals surface area contributed by atoms with Crippen LogP contribution in [0.25, 0.3) is 0 Å². The Hall–Kier alpha value is -1.03. The minimum Gasteiger partial charge on any atom is -0.479 e. The number of nitrogens with zero attached hydrogens (tertiary/aromatic N) is 1. The molecule has 1 aromatic rings. The number of carbonyl (C=O) groups is 1. The third-order valence-corrected chi connectivity index (χ3v) is 4.23. The molecule has 0 spiro atoms. The number of hydrogen-bond acceptors (Lipinski definition) is 2. The number of alkyl halides is 1. The summed E-state index contributed by atoms with van der Waals surface area (Å²) in [7, 11) is 0. The Bertz CT molecular complexity index is 432. The van der Waals surface area contributed by atoms with Crippen LogP contribution in [0.3, 0.4) is 0 Å². The molecule has 4 heteroatoms. The van der Waals surface area contributed by atoms with Crippen molar-refractivity contribution in [2.45, 2.75) is 26.4 Å². The highest BCUT2D eigenvalue weighted by Gasteiger charge is 2.32. The summed E-state index contributed by atoms with van der Waals surface area (Å²) in [5.41, 5.74) is 0.889. The van der Waals surface area contributed by atoms with E-state index in [9.17, 15) is 4.79 Å². The summed E-state index contributed by atoms with van der Waals surface area (Å²) in [5, 5.41) is 0.907. The van der Waals surface area contributed by atoms with Gasteiger partial charge >= 0.3 is 0 Å². The first kappa shape index (κ1) is 13.4. The van der Waals surface area contributed by atoms with Crippen molar-refractivity contribution in [2.24, 2.45) is 5.92 Å². The second-order valence-corrected chi connectivity index (χ2v) is 5.25. The molecule has 2 rings (SSSR count). The van der Waals surface area contributed by atoms with E-state index in [2.05, 4.69) is 22.9 Å². The van der Waals surface area contributed by atoms with E-state index in [-0.39, 0.29) is 5.91 Å². The summed E-state index contributed by atoms with van der Waals surface area (Å²) >= 11 is 3.51. The van der Waals surface area contributed by atoms with Crippen LogP contribution in [0.5, 0.6) is 5.75 Å². The SMILES string of the molecule is CCC(CBr)CN1C(=O)C(C)Oc2ccccc21. The van der Waals surface area contributed by atoms with Gasteiger partial charge in [-0.15, -0.1) is 0 Å². The quantitative estimate of drug-likeness (QED) is 0.799. The van der Waals surface area contributed by atoms with Crippen molar-refractivity contribution in [1.82, 2.24) is 0 Å². The summed E-state index contributed by atoms with van der Waals surface area (Å²) < 4.78 is 5.62. The fraction of sp³-hybridized carbons (Fsp3) is 0.500. The molecule has 0 fully saturated rings. The molecule has 1 heterocycles. The maximum Gasteiger partial charge on any atom is 0.267 e. The van der Waals surface area contributed by atoms with Crippen molar-refractivity contribution in [3.8, 4) is 5.75 Å². The summed E-state index contributed by atoms with van der Waals surface area (Å²) in [6, 6.07) is 7.73. The first-order chi connectivity index (χ1) is 8.67. The molecule has 0 aromatic heterocycles. The van der Waals surface area contributed by atoms with Crippen LogP contribution in [0.4, 0.5) is 5.69 Å². The lowest BCUT2D eigenvalue weighted by Gasteiger charge is -2.34. The number of fused-ring (bicyclic) bond motifs is 1. The zero-order valence-corrected chi connectivity index (χ0v) is 12.3. The van der Waals surface area contributed by atoms with E-state index >= 15 is 0 Å². The van der Waals surface area contributed by atoms with Crippen molar-refractivity contribution in [1.29, 1.82) is 0 Å². The number of anilines is 1. The highest BCUT2D eigenvalue weighted by Crippen LogP contribution is 2.34. The highest BCUT2D eigenvalue weighted by molar-refractivity contribution is 9.09. The van der Waals surface area contributed by atoms with Crippen molar-refractivity contribution < 1.29 is 9.53 Å². The Balaban J connectivity index is 2.29. The van der Waals surface area contributed by atoms with Gasteiger partial charge in [-0.2, -0.15) is 0 Å². The molecule has 2 atom stereocenters. The molecule has 0 radical (unpaired) electrons. The van der Waals surface area contributed by atoms with Gasteiger partial charge in [0, 0.05) is 11.9 Å². The van der Waals surface area contributed by atoms with Gasteiger partial charge in [-0.3, -0.25) is 4.79 Å². The van der Waals surface area contributed by atoms with E-state index in [1.165, 1.54) is 0 Å². The van der Waals surface area contributed by atoms with E-state index in [0.717, 1.165) is 29.7 Å². The van der Waals surface area contributed by atoms with Crippen LogP contribution >= 0.6 is 15.9 Å². The van der Waals surface area contributed by atoms with Crippen molar-refractivity contribution >= 4 is 27.5 Å². The minimum atomic E-state index is -0.396. The van der Waals surface area contributed by atoms with Gasteiger partial charge in [-0.05, 0) is 25.0 Å². The van der Waals surface area contributed by atoms with E-state index in [1.54, 1.807) is 6.92 Å². The molecule has 0 aliphatic carbocycles. The van der Waals surface area contributed by atoms with Crippen molar-refractivity contribution in [2.75, 3.05) is 16.8 Å². The summed E-state index contributed by atoms with van der Waals surface area (Å²) in [6.45, 7) is 4.69. The van der Waals surface area contributed by atoms with Gasteiger partial charge in [0.25, 0.3) is 5.91 Å². The first-order valence-corrected chi connectivity index (χ1v) is 7.42. The molecule has 3 nitrogen and oxygen atoms in total. The van der Waals surface area contributed by atoms with Crippen LogP contribution in [-0.4, -0.2) is 23.9 Å². The lowest BCUT2D eigenvalue weighted by Crippen LogP contribution is -2.46. The molecule has 1 aromatic carbocycles. The number of para-hydroxylation sites is 2.